The summed E-state index contributed by atoms with van der Waals surface area (Å²) in [6.07, 6.45) is 1.62. The van der Waals surface area contributed by atoms with Crippen LogP contribution >= 0.6 is 23.1 Å². The van der Waals surface area contributed by atoms with Gasteiger partial charge in [0.2, 0.25) is 5.91 Å². The molecule has 10 nitrogen and oxygen atoms in total. The quantitative estimate of drug-likeness (QED) is 0.0596. The molecule has 0 aliphatic rings. The Balaban J connectivity index is 1.18. The maximum absolute atomic E-state index is 13.3. The number of amides is 3. The molecular weight excluding hydrogens is 623 g/mol. The number of benzene rings is 4. The molecule has 0 unspecified atom stereocenters. The summed E-state index contributed by atoms with van der Waals surface area (Å²) in [6, 6.07) is 29.4. The third-order valence-electron chi connectivity index (χ3n) is 6.50. The number of carbonyl (C=O) groups is 3. The first kappa shape index (κ1) is 31.8. The molecule has 5 rings (SSSR count). The maximum Gasteiger partial charge on any atom is 0.272 e. The highest BCUT2D eigenvalue weighted by Crippen LogP contribution is 2.28. The number of thiazole rings is 1. The molecule has 3 N–H and O–H groups in total. The monoisotopic (exact) mass is 649 g/mol. The van der Waals surface area contributed by atoms with E-state index in [4.69, 9.17) is 0 Å². The van der Waals surface area contributed by atoms with Crippen LogP contribution in [0.3, 0.4) is 0 Å². The van der Waals surface area contributed by atoms with E-state index in [0.29, 0.717) is 27.6 Å². The fraction of sp³-hybridized carbons (Fsp3) is 0.0588. The van der Waals surface area contributed by atoms with Gasteiger partial charge in [-0.15, -0.1) is 23.1 Å². The average molecular weight is 650 g/mol. The van der Waals surface area contributed by atoms with Crippen LogP contribution in [0, 0.1) is 17.0 Å². The molecule has 0 aliphatic heterocycles. The van der Waals surface area contributed by atoms with E-state index in [1.54, 1.807) is 72.1 Å². The van der Waals surface area contributed by atoms with Crippen molar-refractivity contribution in [1.29, 1.82) is 0 Å². The number of thioether (sulfide) groups is 1. The van der Waals surface area contributed by atoms with Gasteiger partial charge < -0.3 is 16.0 Å². The van der Waals surface area contributed by atoms with Crippen molar-refractivity contribution in [3.05, 3.63) is 141 Å². The molecule has 4 aromatic carbocycles. The Morgan fingerprint density at radius 1 is 0.913 bits per heavy atom. The molecule has 1 heterocycles. The molecule has 3 amide bonds. The van der Waals surface area contributed by atoms with Crippen LogP contribution in [0.1, 0.15) is 21.5 Å². The summed E-state index contributed by atoms with van der Waals surface area (Å²) in [5, 5.41) is 21.5. The second-order valence-electron chi connectivity index (χ2n) is 9.95. The summed E-state index contributed by atoms with van der Waals surface area (Å²) in [5.41, 5.74) is 3.94. The van der Waals surface area contributed by atoms with Crippen molar-refractivity contribution in [3.63, 3.8) is 0 Å². The molecule has 46 heavy (non-hydrogen) atoms. The topological polar surface area (TPSA) is 143 Å². The van der Waals surface area contributed by atoms with Crippen molar-refractivity contribution in [2.24, 2.45) is 0 Å². The van der Waals surface area contributed by atoms with Crippen LogP contribution in [0.4, 0.5) is 16.5 Å². The van der Waals surface area contributed by atoms with Crippen molar-refractivity contribution in [2.45, 2.75) is 11.8 Å². The van der Waals surface area contributed by atoms with Crippen molar-refractivity contribution in [1.82, 2.24) is 10.3 Å². The summed E-state index contributed by atoms with van der Waals surface area (Å²) >= 11 is 2.54. The average Bonchev–Trinajstić information content (AvgIpc) is 3.54. The first-order chi connectivity index (χ1) is 22.2. The van der Waals surface area contributed by atoms with Gasteiger partial charge in [-0.3, -0.25) is 24.5 Å². The van der Waals surface area contributed by atoms with Crippen LogP contribution in [-0.4, -0.2) is 33.4 Å². The number of aromatic nitrogens is 1. The summed E-state index contributed by atoms with van der Waals surface area (Å²) in [5.74, 6) is -1.04. The molecule has 230 valence electrons. The number of nitro groups is 1. The summed E-state index contributed by atoms with van der Waals surface area (Å²) in [6.45, 7) is 1.97. The van der Waals surface area contributed by atoms with Gasteiger partial charge in [0.05, 0.1) is 16.4 Å². The number of non-ortho nitro benzene ring substituents is 1. The first-order valence-electron chi connectivity index (χ1n) is 13.9. The predicted molar refractivity (Wildman–Crippen MR) is 182 cm³/mol. The highest BCUT2D eigenvalue weighted by Gasteiger charge is 2.16. The van der Waals surface area contributed by atoms with E-state index < -0.39 is 16.7 Å². The summed E-state index contributed by atoms with van der Waals surface area (Å²) in [4.78, 5) is 54.5. The van der Waals surface area contributed by atoms with E-state index in [0.717, 1.165) is 16.0 Å². The molecule has 0 saturated heterocycles. The Hall–Kier alpha value is -5.59. The lowest BCUT2D eigenvalue weighted by Crippen LogP contribution is -2.30. The Labute approximate surface area is 272 Å². The summed E-state index contributed by atoms with van der Waals surface area (Å²) in [7, 11) is 0. The minimum absolute atomic E-state index is 0.0351. The Morgan fingerprint density at radius 3 is 2.37 bits per heavy atom. The molecule has 0 fully saturated rings. The lowest BCUT2D eigenvalue weighted by atomic mass is 10.1. The Kier molecular flexibility index (Phi) is 10.3. The van der Waals surface area contributed by atoms with E-state index >= 15 is 0 Å². The number of hydrogen-bond donors (Lipinski definition) is 3. The van der Waals surface area contributed by atoms with Crippen LogP contribution in [-0.2, 0) is 9.59 Å². The van der Waals surface area contributed by atoms with E-state index in [-0.39, 0.29) is 23.0 Å². The minimum atomic E-state index is -0.488. The van der Waals surface area contributed by atoms with Crippen LogP contribution in [0.25, 0.3) is 17.3 Å². The second kappa shape index (κ2) is 14.9. The predicted octanol–water partition coefficient (Wildman–Crippen LogP) is 7.17. The van der Waals surface area contributed by atoms with Gasteiger partial charge in [0.1, 0.15) is 5.70 Å². The lowest BCUT2D eigenvalue weighted by Gasteiger charge is -2.12. The maximum atomic E-state index is 13.3. The number of rotatable bonds is 11. The van der Waals surface area contributed by atoms with Crippen molar-refractivity contribution >= 4 is 63.4 Å². The van der Waals surface area contributed by atoms with Gasteiger partial charge in [-0.05, 0) is 55.0 Å². The van der Waals surface area contributed by atoms with E-state index in [9.17, 15) is 24.5 Å². The zero-order valence-corrected chi connectivity index (χ0v) is 26.1. The van der Waals surface area contributed by atoms with Gasteiger partial charge >= 0.3 is 0 Å². The molecule has 0 aliphatic carbocycles. The van der Waals surface area contributed by atoms with Crippen LogP contribution in [0.15, 0.2) is 119 Å². The molecular formula is C34H27N5O5S2. The fourth-order valence-electron chi connectivity index (χ4n) is 4.15. The number of anilines is 2. The third kappa shape index (κ3) is 8.74. The van der Waals surface area contributed by atoms with Crippen molar-refractivity contribution in [3.8, 4) is 11.3 Å². The highest BCUT2D eigenvalue weighted by molar-refractivity contribution is 8.00. The normalized spacial score (nSPS) is 11.0. The largest absolute Gasteiger partial charge is 0.321 e. The standard InChI is InChI=1S/C34H27N5O5S2/c1-22-10-12-23(13-11-22)18-29(36-32(41)24-6-3-2-4-7-24)33(42)35-26-14-16-28(17-15-26)45-21-31(40)38-34-37-30(20-46-34)25-8-5-9-27(19-25)39(43)44/h2-20H,21H2,1H3,(H,35,42)(H,36,41)(H,37,38,40)/b29-18-. The van der Waals surface area contributed by atoms with E-state index in [1.807, 2.05) is 37.3 Å². The SMILES string of the molecule is Cc1ccc(/C=C(\NC(=O)c2ccccc2)C(=O)Nc2ccc(SCC(=O)Nc3nc(-c4cccc([N+](=O)[O-])c4)cs3)cc2)cc1. The summed E-state index contributed by atoms with van der Waals surface area (Å²) < 4.78 is 0. The van der Waals surface area contributed by atoms with Gasteiger partial charge in [-0.2, -0.15) is 0 Å². The molecule has 1 aromatic heterocycles. The number of carbonyl (C=O) groups excluding carboxylic acids is 3. The fourth-order valence-corrected chi connectivity index (χ4v) is 5.59. The first-order valence-corrected chi connectivity index (χ1v) is 15.8. The Bertz CT molecular complexity index is 1910. The van der Waals surface area contributed by atoms with Crippen LogP contribution in [0.2, 0.25) is 0 Å². The van der Waals surface area contributed by atoms with Gasteiger partial charge in [0.25, 0.3) is 17.5 Å². The van der Waals surface area contributed by atoms with Gasteiger partial charge in [-0.1, -0.05) is 60.2 Å². The molecule has 0 bridgehead atoms. The van der Waals surface area contributed by atoms with Gasteiger partial charge in [-0.25, -0.2) is 4.98 Å². The van der Waals surface area contributed by atoms with Crippen LogP contribution < -0.4 is 16.0 Å². The smallest absolute Gasteiger partial charge is 0.272 e. The molecule has 0 spiro atoms. The molecule has 12 heteroatoms. The molecule has 0 radical (unpaired) electrons. The number of nitro benzene ring substituents is 1. The zero-order chi connectivity index (χ0) is 32.5. The number of nitrogens with one attached hydrogen (secondary N) is 3. The number of hydrogen-bond acceptors (Lipinski definition) is 8. The Morgan fingerprint density at radius 2 is 1.65 bits per heavy atom. The van der Waals surface area contributed by atoms with Crippen molar-refractivity contribution < 1.29 is 19.3 Å². The lowest BCUT2D eigenvalue weighted by molar-refractivity contribution is -0.384. The van der Waals surface area contributed by atoms with Crippen LogP contribution in [0.5, 0.6) is 0 Å². The minimum Gasteiger partial charge on any atom is -0.321 e. The van der Waals surface area contributed by atoms with Gasteiger partial charge in [0.15, 0.2) is 5.13 Å². The highest BCUT2D eigenvalue weighted by atomic mass is 32.2. The van der Waals surface area contributed by atoms with Crippen molar-refractivity contribution in [2.75, 3.05) is 16.4 Å². The third-order valence-corrected chi connectivity index (χ3v) is 8.27. The van der Waals surface area contributed by atoms with Gasteiger partial charge in [0, 0.05) is 39.2 Å². The van der Waals surface area contributed by atoms with E-state index in [2.05, 4.69) is 20.9 Å². The molecule has 5 aromatic rings. The molecule has 0 saturated carbocycles. The second-order valence-corrected chi connectivity index (χ2v) is 11.9. The zero-order valence-electron chi connectivity index (χ0n) is 24.4. The molecule has 0 atom stereocenters. The number of aryl methyl sites for hydroxylation is 1. The number of nitrogens with zero attached hydrogens (tertiary/aromatic N) is 2. The van der Waals surface area contributed by atoms with E-state index in [1.165, 1.54) is 35.2 Å².